The monoisotopic (exact) mass is 230 g/mol. The van der Waals surface area contributed by atoms with E-state index in [1.165, 1.54) is 0 Å². The summed E-state index contributed by atoms with van der Waals surface area (Å²) < 4.78 is 0. The number of benzene rings is 1. The average molecular weight is 230 g/mol. The van der Waals surface area contributed by atoms with Gasteiger partial charge in [-0.15, -0.1) is 0 Å². The lowest BCUT2D eigenvalue weighted by Gasteiger charge is -2.21. The smallest absolute Gasteiger partial charge is 0.248 e. The molecule has 0 radical (unpaired) electrons. The van der Waals surface area contributed by atoms with Crippen LogP contribution in [-0.4, -0.2) is 10.5 Å². The van der Waals surface area contributed by atoms with E-state index in [9.17, 15) is 4.79 Å². The van der Waals surface area contributed by atoms with E-state index in [1.54, 1.807) is 6.07 Å². The van der Waals surface area contributed by atoms with Gasteiger partial charge in [-0.2, -0.15) is 0 Å². The van der Waals surface area contributed by atoms with Gasteiger partial charge in [0, 0.05) is 29.1 Å². The molecule has 3 heteroatoms. The zero-order valence-electron chi connectivity index (χ0n) is 10.5. The molecule has 0 saturated carbocycles. The number of pyridine rings is 1. The molecule has 2 aromatic rings. The van der Waals surface area contributed by atoms with E-state index in [0.717, 1.165) is 16.5 Å². The second kappa shape index (κ2) is 4.34. The Morgan fingerprint density at radius 2 is 1.94 bits per heavy atom. The van der Waals surface area contributed by atoms with Gasteiger partial charge in [0.05, 0.1) is 0 Å². The SMILES string of the molecule is CC(C)(C)NCc1cc(=O)[nH]c2ccccc12. The van der Waals surface area contributed by atoms with Crippen LogP contribution < -0.4 is 10.9 Å². The number of hydrogen-bond donors (Lipinski definition) is 2. The maximum atomic E-state index is 11.5. The molecule has 0 amide bonds. The minimum atomic E-state index is -0.0468. The number of aromatic amines is 1. The van der Waals surface area contributed by atoms with E-state index in [0.29, 0.717) is 6.54 Å². The molecule has 1 aromatic heterocycles. The molecule has 0 unspecified atom stereocenters. The summed E-state index contributed by atoms with van der Waals surface area (Å²) in [5, 5.41) is 4.51. The molecule has 90 valence electrons. The molecule has 0 bridgehead atoms. The summed E-state index contributed by atoms with van der Waals surface area (Å²) in [5.74, 6) is 0. The lowest BCUT2D eigenvalue weighted by molar-refractivity contribution is 0.425. The molecule has 1 aromatic carbocycles. The molecule has 17 heavy (non-hydrogen) atoms. The molecule has 1 heterocycles. The molecule has 3 nitrogen and oxygen atoms in total. The van der Waals surface area contributed by atoms with Gasteiger partial charge in [0.2, 0.25) is 5.56 Å². The molecule has 2 N–H and O–H groups in total. The quantitative estimate of drug-likeness (QED) is 0.832. The molecule has 0 aliphatic carbocycles. The van der Waals surface area contributed by atoms with Crippen molar-refractivity contribution in [2.75, 3.05) is 0 Å². The Morgan fingerprint density at radius 1 is 1.24 bits per heavy atom. The fraction of sp³-hybridized carbons (Fsp3) is 0.357. The zero-order valence-corrected chi connectivity index (χ0v) is 10.5. The number of fused-ring (bicyclic) bond motifs is 1. The van der Waals surface area contributed by atoms with Gasteiger partial charge >= 0.3 is 0 Å². The summed E-state index contributed by atoms with van der Waals surface area (Å²) in [4.78, 5) is 14.4. The van der Waals surface area contributed by atoms with Gasteiger partial charge in [0.25, 0.3) is 0 Å². The van der Waals surface area contributed by atoms with Crippen molar-refractivity contribution in [3.8, 4) is 0 Å². The van der Waals surface area contributed by atoms with Crippen LogP contribution >= 0.6 is 0 Å². The molecular formula is C14H18N2O. The second-order valence-electron chi connectivity index (χ2n) is 5.31. The molecule has 0 fully saturated rings. The molecule has 0 saturated heterocycles. The Morgan fingerprint density at radius 3 is 2.65 bits per heavy atom. The van der Waals surface area contributed by atoms with Crippen molar-refractivity contribution in [1.82, 2.24) is 10.3 Å². The molecule has 0 aliphatic heterocycles. The first-order valence-corrected chi connectivity index (χ1v) is 5.82. The van der Waals surface area contributed by atoms with Gasteiger partial charge in [-0.25, -0.2) is 0 Å². The lowest BCUT2D eigenvalue weighted by atomic mass is 10.1. The number of rotatable bonds is 2. The van der Waals surface area contributed by atoms with Crippen LogP contribution in [0.4, 0.5) is 0 Å². The van der Waals surface area contributed by atoms with E-state index >= 15 is 0 Å². The fourth-order valence-electron chi connectivity index (χ4n) is 1.78. The molecule has 0 atom stereocenters. The Kier molecular flexibility index (Phi) is 3.03. The molecular weight excluding hydrogens is 212 g/mol. The van der Waals surface area contributed by atoms with Crippen LogP contribution in [0, 0.1) is 0 Å². The van der Waals surface area contributed by atoms with Crippen molar-refractivity contribution in [1.29, 1.82) is 0 Å². The van der Waals surface area contributed by atoms with Crippen molar-refractivity contribution >= 4 is 10.9 Å². The van der Waals surface area contributed by atoms with Gasteiger partial charge in [0.15, 0.2) is 0 Å². The first-order valence-electron chi connectivity index (χ1n) is 5.82. The van der Waals surface area contributed by atoms with Gasteiger partial charge in [0.1, 0.15) is 0 Å². The number of H-pyrrole nitrogens is 1. The van der Waals surface area contributed by atoms with Crippen molar-refractivity contribution in [3.05, 3.63) is 46.2 Å². The van der Waals surface area contributed by atoms with Gasteiger partial charge in [-0.1, -0.05) is 18.2 Å². The predicted molar refractivity (Wildman–Crippen MR) is 71.2 cm³/mol. The van der Waals surface area contributed by atoms with E-state index in [-0.39, 0.29) is 11.1 Å². The maximum Gasteiger partial charge on any atom is 0.248 e. The highest BCUT2D eigenvalue weighted by Crippen LogP contribution is 2.15. The summed E-state index contributed by atoms with van der Waals surface area (Å²) in [5.41, 5.74) is 1.93. The van der Waals surface area contributed by atoms with E-state index in [2.05, 4.69) is 31.1 Å². The summed E-state index contributed by atoms with van der Waals surface area (Å²) in [7, 11) is 0. The third-order valence-electron chi connectivity index (χ3n) is 2.65. The Hall–Kier alpha value is -1.61. The van der Waals surface area contributed by atoms with Crippen molar-refractivity contribution in [2.45, 2.75) is 32.9 Å². The van der Waals surface area contributed by atoms with E-state index < -0.39 is 0 Å². The number of para-hydroxylation sites is 1. The Balaban J connectivity index is 2.42. The second-order valence-corrected chi connectivity index (χ2v) is 5.31. The summed E-state index contributed by atoms with van der Waals surface area (Å²) in [6.45, 7) is 7.04. The third-order valence-corrected chi connectivity index (χ3v) is 2.65. The largest absolute Gasteiger partial charge is 0.322 e. The molecule has 2 rings (SSSR count). The van der Waals surface area contributed by atoms with Gasteiger partial charge in [-0.05, 0) is 32.4 Å². The van der Waals surface area contributed by atoms with E-state index in [1.807, 2.05) is 24.3 Å². The standard InChI is InChI=1S/C14H18N2O/c1-14(2,3)15-9-10-8-13(17)16-12-7-5-4-6-11(10)12/h4-8,15H,9H2,1-3H3,(H,16,17). The van der Waals surface area contributed by atoms with Crippen LogP contribution in [0.3, 0.4) is 0 Å². The topological polar surface area (TPSA) is 44.9 Å². The Bertz CT molecular complexity index is 579. The lowest BCUT2D eigenvalue weighted by Crippen LogP contribution is -2.35. The van der Waals surface area contributed by atoms with Crippen LogP contribution in [0.15, 0.2) is 35.1 Å². The van der Waals surface area contributed by atoms with E-state index in [4.69, 9.17) is 0 Å². The predicted octanol–water partition coefficient (Wildman–Crippen LogP) is 2.42. The van der Waals surface area contributed by atoms with Crippen molar-refractivity contribution in [3.63, 3.8) is 0 Å². The van der Waals surface area contributed by atoms with Crippen LogP contribution in [0.25, 0.3) is 10.9 Å². The highest BCUT2D eigenvalue weighted by molar-refractivity contribution is 5.81. The van der Waals surface area contributed by atoms with Crippen LogP contribution in [-0.2, 0) is 6.54 Å². The minimum absolute atomic E-state index is 0.0453. The zero-order chi connectivity index (χ0) is 12.5. The summed E-state index contributed by atoms with van der Waals surface area (Å²) in [6, 6.07) is 9.55. The van der Waals surface area contributed by atoms with Crippen LogP contribution in [0.5, 0.6) is 0 Å². The Labute approximate surface area is 101 Å². The summed E-state index contributed by atoms with van der Waals surface area (Å²) >= 11 is 0. The first kappa shape index (κ1) is 11.9. The van der Waals surface area contributed by atoms with Crippen LogP contribution in [0.1, 0.15) is 26.3 Å². The normalized spacial score (nSPS) is 11.9. The van der Waals surface area contributed by atoms with Gasteiger partial charge < -0.3 is 10.3 Å². The van der Waals surface area contributed by atoms with Crippen molar-refractivity contribution in [2.24, 2.45) is 0 Å². The van der Waals surface area contributed by atoms with Crippen LogP contribution in [0.2, 0.25) is 0 Å². The number of nitrogens with one attached hydrogen (secondary N) is 2. The molecule has 0 aliphatic rings. The highest BCUT2D eigenvalue weighted by Gasteiger charge is 2.10. The molecule has 0 spiro atoms. The fourth-order valence-corrected chi connectivity index (χ4v) is 1.78. The number of hydrogen-bond acceptors (Lipinski definition) is 2. The first-order chi connectivity index (χ1) is 7.96. The van der Waals surface area contributed by atoms with Crippen molar-refractivity contribution < 1.29 is 0 Å². The highest BCUT2D eigenvalue weighted by atomic mass is 16.1. The average Bonchev–Trinajstić information content (AvgIpc) is 2.24. The minimum Gasteiger partial charge on any atom is -0.322 e. The third kappa shape index (κ3) is 2.94. The maximum absolute atomic E-state index is 11.5. The number of aromatic nitrogens is 1. The van der Waals surface area contributed by atoms with Gasteiger partial charge in [-0.3, -0.25) is 4.79 Å². The summed E-state index contributed by atoms with van der Waals surface area (Å²) in [6.07, 6.45) is 0.